The van der Waals surface area contributed by atoms with E-state index in [1.165, 1.54) is 0 Å². The topological polar surface area (TPSA) is 46.2 Å². The van der Waals surface area contributed by atoms with Crippen LogP contribution in [-0.4, -0.2) is 32.2 Å². The van der Waals surface area contributed by atoms with Crippen molar-refractivity contribution in [3.8, 4) is 0 Å². The number of sulfone groups is 1. The van der Waals surface area contributed by atoms with Crippen LogP contribution in [0.15, 0.2) is 29.2 Å². The first-order chi connectivity index (χ1) is 8.51. The minimum Gasteiger partial charge on any atom is -0.382 e. The van der Waals surface area contributed by atoms with Crippen molar-refractivity contribution < 1.29 is 8.42 Å². The highest BCUT2D eigenvalue weighted by atomic mass is 32.2. The van der Waals surface area contributed by atoms with E-state index in [2.05, 4.69) is 18.5 Å². The van der Waals surface area contributed by atoms with Gasteiger partial charge in [0.05, 0.1) is 16.3 Å². The fraction of sp³-hybridized carbons (Fsp3) is 0.538. The summed E-state index contributed by atoms with van der Waals surface area (Å²) in [5, 5.41) is 3.29. The third-order valence-electron chi connectivity index (χ3n) is 2.76. The molecule has 0 spiro atoms. The number of hydrogen-bond acceptors (Lipinski definition) is 4. The quantitative estimate of drug-likeness (QED) is 0.837. The second-order valence-corrected chi connectivity index (χ2v) is 7.46. The molecule has 0 bridgehead atoms. The fourth-order valence-electron chi connectivity index (χ4n) is 1.64. The highest BCUT2D eigenvalue weighted by molar-refractivity contribution is 7.98. The van der Waals surface area contributed by atoms with Crippen molar-refractivity contribution in [1.82, 2.24) is 0 Å². The summed E-state index contributed by atoms with van der Waals surface area (Å²) in [6, 6.07) is 7.39. The molecule has 0 radical (unpaired) electrons. The summed E-state index contributed by atoms with van der Waals surface area (Å²) in [4.78, 5) is 0.406. The van der Waals surface area contributed by atoms with Gasteiger partial charge in [-0.2, -0.15) is 11.8 Å². The van der Waals surface area contributed by atoms with Crippen LogP contribution in [-0.2, 0) is 9.84 Å². The summed E-state index contributed by atoms with van der Waals surface area (Å²) in [5.41, 5.74) is 0.716. The van der Waals surface area contributed by atoms with Crippen molar-refractivity contribution in [1.29, 1.82) is 0 Å². The smallest absolute Gasteiger partial charge is 0.180 e. The molecule has 0 heterocycles. The Hall–Kier alpha value is -0.680. The van der Waals surface area contributed by atoms with Gasteiger partial charge in [0, 0.05) is 6.04 Å². The maximum absolute atomic E-state index is 12.0. The number of para-hydroxylation sites is 1. The van der Waals surface area contributed by atoms with E-state index >= 15 is 0 Å². The number of thioether (sulfide) groups is 1. The molecular weight excluding hydrogens is 266 g/mol. The number of hydrogen-bond donors (Lipinski definition) is 1. The standard InChI is InChI=1S/C13H21NO2S2/c1-4-18(15,16)13-8-6-5-7-12(13)14-11(2)9-10-17-3/h5-8,11,14H,4,9-10H2,1-3H3. The van der Waals surface area contributed by atoms with Crippen LogP contribution >= 0.6 is 11.8 Å². The van der Waals surface area contributed by atoms with Crippen LogP contribution in [0.1, 0.15) is 20.3 Å². The zero-order valence-electron chi connectivity index (χ0n) is 11.1. The Balaban J connectivity index is 2.90. The SMILES string of the molecule is CCS(=O)(=O)c1ccccc1NC(C)CCSC. The van der Waals surface area contributed by atoms with Crippen LogP contribution in [0.5, 0.6) is 0 Å². The zero-order valence-corrected chi connectivity index (χ0v) is 12.8. The molecule has 0 saturated heterocycles. The molecule has 5 heteroatoms. The molecule has 1 rings (SSSR count). The molecule has 0 amide bonds. The van der Waals surface area contributed by atoms with Gasteiger partial charge >= 0.3 is 0 Å². The van der Waals surface area contributed by atoms with Crippen LogP contribution in [0, 0.1) is 0 Å². The normalized spacial score (nSPS) is 13.3. The van der Waals surface area contributed by atoms with Crippen molar-refractivity contribution in [3.63, 3.8) is 0 Å². The molecule has 3 nitrogen and oxygen atoms in total. The van der Waals surface area contributed by atoms with Gasteiger partial charge in [0.15, 0.2) is 9.84 Å². The third kappa shape index (κ3) is 4.21. The Morgan fingerprint density at radius 2 is 2.00 bits per heavy atom. The highest BCUT2D eigenvalue weighted by Crippen LogP contribution is 2.23. The average molecular weight is 287 g/mol. The van der Waals surface area contributed by atoms with Crippen molar-refractivity contribution in [2.24, 2.45) is 0 Å². The van der Waals surface area contributed by atoms with E-state index in [1.807, 2.05) is 12.1 Å². The Bertz CT molecular complexity index is 472. The molecule has 0 fully saturated rings. The lowest BCUT2D eigenvalue weighted by molar-refractivity contribution is 0.597. The van der Waals surface area contributed by atoms with Gasteiger partial charge in [-0.25, -0.2) is 8.42 Å². The Labute approximate surface area is 114 Å². The minimum absolute atomic E-state index is 0.130. The maximum atomic E-state index is 12.0. The molecule has 18 heavy (non-hydrogen) atoms. The second kappa shape index (κ2) is 7.04. The number of rotatable bonds is 7. The van der Waals surface area contributed by atoms with E-state index in [1.54, 1.807) is 30.8 Å². The molecule has 1 aromatic rings. The summed E-state index contributed by atoms with van der Waals surface area (Å²) >= 11 is 1.80. The van der Waals surface area contributed by atoms with Gasteiger partial charge in [-0.15, -0.1) is 0 Å². The molecule has 1 unspecified atom stereocenters. The van der Waals surface area contributed by atoms with Crippen LogP contribution in [0.2, 0.25) is 0 Å². The summed E-state index contributed by atoms with van der Waals surface area (Å²) in [5.74, 6) is 1.20. The van der Waals surface area contributed by atoms with Gasteiger partial charge in [0.1, 0.15) is 0 Å². The molecule has 0 aliphatic heterocycles. The second-order valence-electron chi connectivity index (χ2n) is 4.23. The van der Waals surface area contributed by atoms with Crippen molar-refractivity contribution in [2.45, 2.75) is 31.2 Å². The first-order valence-corrected chi connectivity index (χ1v) is 9.13. The van der Waals surface area contributed by atoms with Gasteiger partial charge < -0.3 is 5.32 Å². The van der Waals surface area contributed by atoms with Crippen LogP contribution < -0.4 is 5.32 Å². The molecule has 1 atom stereocenters. The molecule has 1 N–H and O–H groups in total. The zero-order chi connectivity index (χ0) is 13.6. The molecule has 0 aromatic heterocycles. The van der Waals surface area contributed by atoms with Crippen molar-refractivity contribution in [2.75, 3.05) is 23.1 Å². The largest absolute Gasteiger partial charge is 0.382 e. The van der Waals surface area contributed by atoms with E-state index in [0.717, 1.165) is 12.2 Å². The summed E-state index contributed by atoms with van der Waals surface area (Å²) < 4.78 is 23.9. The Morgan fingerprint density at radius 3 is 2.61 bits per heavy atom. The van der Waals surface area contributed by atoms with Crippen molar-refractivity contribution >= 4 is 27.3 Å². The van der Waals surface area contributed by atoms with Gasteiger partial charge in [0.2, 0.25) is 0 Å². The van der Waals surface area contributed by atoms with E-state index in [-0.39, 0.29) is 11.8 Å². The molecule has 0 saturated carbocycles. The van der Waals surface area contributed by atoms with Gasteiger partial charge in [-0.3, -0.25) is 0 Å². The van der Waals surface area contributed by atoms with Crippen LogP contribution in [0.3, 0.4) is 0 Å². The molecule has 102 valence electrons. The number of anilines is 1. The minimum atomic E-state index is -3.16. The van der Waals surface area contributed by atoms with Gasteiger partial charge in [0.25, 0.3) is 0 Å². The molecular formula is C13H21NO2S2. The summed E-state index contributed by atoms with van der Waals surface area (Å²) in [6.45, 7) is 3.74. The van der Waals surface area contributed by atoms with Gasteiger partial charge in [-0.05, 0) is 37.5 Å². The first kappa shape index (κ1) is 15.4. The Morgan fingerprint density at radius 1 is 1.33 bits per heavy atom. The van der Waals surface area contributed by atoms with Crippen LogP contribution in [0.4, 0.5) is 5.69 Å². The van der Waals surface area contributed by atoms with Crippen LogP contribution in [0.25, 0.3) is 0 Å². The van der Waals surface area contributed by atoms with Crippen molar-refractivity contribution in [3.05, 3.63) is 24.3 Å². The third-order valence-corrected chi connectivity index (χ3v) is 5.19. The molecule has 0 aliphatic carbocycles. The van der Waals surface area contributed by atoms with E-state index < -0.39 is 9.84 Å². The monoisotopic (exact) mass is 287 g/mol. The number of nitrogens with one attached hydrogen (secondary N) is 1. The molecule has 1 aromatic carbocycles. The summed E-state index contributed by atoms with van der Waals surface area (Å²) in [7, 11) is -3.16. The van der Waals surface area contributed by atoms with E-state index in [0.29, 0.717) is 10.6 Å². The lowest BCUT2D eigenvalue weighted by atomic mass is 10.2. The summed E-state index contributed by atoms with van der Waals surface area (Å²) in [6.07, 6.45) is 3.09. The predicted octanol–water partition coefficient (Wildman–Crippen LogP) is 3.03. The van der Waals surface area contributed by atoms with E-state index in [9.17, 15) is 8.42 Å². The lowest BCUT2D eigenvalue weighted by Crippen LogP contribution is -2.18. The molecule has 0 aliphatic rings. The predicted molar refractivity (Wildman–Crippen MR) is 80.3 cm³/mol. The van der Waals surface area contributed by atoms with Gasteiger partial charge in [-0.1, -0.05) is 19.1 Å². The highest BCUT2D eigenvalue weighted by Gasteiger charge is 2.16. The first-order valence-electron chi connectivity index (χ1n) is 6.08. The average Bonchev–Trinajstić information content (AvgIpc) is 2.37. The fourth-order valence-corrected chi connectivity index (χ4v) is 3.29. The lowest BCUT2D eigenvalue weighted by Gasteiger charge is -2.17. The van der Waals surface area contributed by atoms with E-state index in [4.69, 9.17) is 0 Å². The number of benzene rings is 1. The maximum Gasteiger partial charge on any atom is 0.180 e. The Kier molecular flexibility index (Phi) is 6.02.